The molecule has 2 aromatic carbocycles. The standard InChI is InChI=1S/C18H18N6O2/c1-12-15(8-5-9-17(12)24-11-20-22-23-24)19-10-18(26)21-16-7-4-3-6-14(16)13(2)25/h3-9,11,19H,10H2,1-2H3,(H,21,26). The molecular weight excluding hydrogens is 332 g/mol. The molecule has 0 spiro atoms. The number of amides is 1. The minimum absolute atomic E-state index is 0.0616. The Bertz CT molecular complexity index is 937. The topological polar surface area (TPSA) is 102 Å². The number of tetrazole rings is 1. The fourth-order valence-electron chi connectivity index (χ4n) is 2.60. The van der Waals surface area contributed by atoms with E-state index in [4.69, 9.17) is 0 Å². The van der Waals surface area contributed by atoms with Crippen LogP contribution in [0.15, 0.2) is 48.8 Å². The van der Waals surface area contributed by atoms with Gasteiger partial charge < -0.3 is 10.6 Å². The van der Waals surface area contributed by atoms with Crippen LogP contribution in [0.1, 0.15) is 22.8 Å². The Labute approximate surface area is 150 Å². The first-order chi connectivity index (χ1) is 12.6. The summed E-state index contributed by atoms with van der Waals surface area (Å²) in [6.45, 7) is 3.45. The molecule has 2 N–H and O–H groups in total. The molecule has 0 aliphatic rings. The summed E-state index contributed by atoms with van der Waals surface area (Å²) in [7, 11) is 0. The number of nitrogens with zero attached hydrogens (tertiary/aromatic N) is 4. The molecule has 0 fully saturated rings. The Morgan fingerprint density at radius 2 is 1.85 bits per heavy atom. The average molecular weight is 350 g/mol. The van der Waals surface area contributed by atoms with E-state index in [-0.39, 0.29) is 18.2 Å². The molecule has 26 heavy (non-hydrogen) atoms. The fraction of sp³-hybridized carbons (Fsp3) is 0.167. The lowest BCUT2D eigenvalue weighted by Gasteiger charge is -2.13. The Kier molecular flexibility index (Phi) is 5.02. The van der Waals surface area contributed by atoms with Crippen molar-refractivity contribution in [3.05, 3.63) is 59.9 Å². The lowest BCUT2D eigenvalue weighted by atomic mass is 10.1. The zero-order valence-electron chi connectivity index (χ0n) is 14.4. The minimum atomic E-state index is -0.245. The number of ketones is 1. The van der Waals surface area contributed by atoms with Gasteiger partial charge in [0, 0.05) is 11.3 Å². The van der Waals surface area contributed by atoms with Gasteiger partial charge in [0.2, 0.25) is 5.91 Å². The molecule has 0 saturated heterocycles. The van der Waals surface area contributed by atoms with Crippen molar-refractivity contribution in [2.24, 2.45) is 0 Å². The Balaban J connectivity index is 1.69. The molecule has 1 aromatic heterocycles. The van der Waals surface area contributed by atoms with Crippen LogP contribution < -0.4 is 10.6 Å². The molecule has 3 rings (SSSR count). The Morgan fingerprint density at radius 1 is 1.08 bits per heavy atom. The van der Waals surface area contributed by atoms with Gasteiger partial charge in [-0.1, -0.05) is 18.2 Å². The van der Waals surface area contributed by atoms with Crippen LogP contribution in [-0.4, -0.2) is 38.4 Å². The number of aromatic nitrogens is 4. The molecule has 0 saturated carbocycles. The molecule has 1 amide bonds. The van der Waals surface area contributed by atoms with Crippen LogP contribution in [0.4, 0.5) is 11.4 Å². The van der Waals surface area contributed by atoms with Crippen molar-refractivity contribution >= 4 is 23.1 Å². The normalized spacial score (nSPS) is 10.4. The maximum Gasteiger partial charge on any atom is 0.243 e. The number of carbonyl (C=O) groups is 2. The van der Waals surface area contributed by atoms with Crippen LogP contribution in [-0.2, 0) is 4.79 Å². The predicted molar refractivity (Wildman–Crippen MR) is 97.5 cm³/mol. The van der Waals surface area contributed by atoms with Gasteiger partial charge in [-0.15, -0.1) is 5.10 Å². The van der Waals surface area contributed by atoms with Crippen molar-refractivity contribution in [3.63, 3.8) is 0 Å². The Morgan fingerprint density at radius 3 is 2.58 bits per heavy atom. The van der Waals surface area contributed by atoms with Crippen molar-refractivity contribution in [1.29, 1.82) is 0 Å². The van der Waals surface area contributed by atoms with Crippen LogP contribution in [0, 0.1) is 6.92 Å². The maximum atomic E-state index is 12.3. The summed E-state index contributed by atoms with van der Waals surface area (Å²) in [5, 5.41) is 17.0. The number of anilines is 2. The van der Waals surface area contributed by atoms with Gasteiger partial charge in [0.15, 0.2) is 5.78 Å². The second kappa shape index (κ2) is 7.56. The summed E-state index contributed by atoms with van der Waals surface area (Å²) in [5.74, 6) is -0.343. The van der Waals surface area contributed by atoms with Crippen LogP contribution in [0.2, 0.25) is 0 Å². The SMILES string of the molecule is CC(=O)c1ccccc1NC(=O)CNc1cccc(-n2cnnn2)c1C. The highest BCUT2D eigenvalue weighted by atomic mass is 16.2. The van der Waals surface area contributed by atoms with E-state index in [1.165, 1.54) is 13.3 Å². The van der Waals surface area contributed by atoms with E-state index in [1.807, 2.05) is 25.1 Å². The smallest absolute Gasteiger partial charge is 0.243 e. The molecular formula is C18H18N6O2. The van der Waals surface area contributed by atoms with Gasteiger partial charge in [0.25, 0.3) is 0 Å². The summed E-state index contributed by atoms with van der Waals surface area (Å²) in [4.78, 5) is 23.9. The minimum Gasteiger partial charge on any atom is -0.376 e. The molecule has 132 valence electrons. The summed E-state index contributed by atoms with van der Waals surface area (Å²) in [6, 6.07) is 12.5. The van der Waals surface area contributed by atoms with Crippen molar-refractivity contribution in [3.8, 4) is 5.69 Å². The first kappa shape index (κ1) is 17.3. The largest absolute Gasteiger partial charge is 0.376 e. The van der Waals surface area contributed by atoms with Gasteiger partial charge >= 0.3 is 0 Å². The summed E-state index contributed by atoms with van der Waals surface area (Å²) in [5.41, 5.74) is 3.52. The lowest BCUT2D eigenvalue weighted by Crippen LogP contribution is -2.23. The highest BCUT2D eigenvalue weighted by Crippen LogP contribution is 2.21. The van der Waals surface area contributed by atoms with E-state index in [1.54, 1.807) is 28.9 Å². The van der Waals surface area contributed by atoms with Gasteiger partial charge in [0.1, 0.15) is 6.33 Å². The first-order valence-corrected chi connectivity index (χ1v) is 8.03. The zero-order chi connectivity index (χ0) is 18.5. The van der Waals surface area contributed by atoms with Gasteiger partial charge in [0.05, 0.1) is 17.9 Å². The van der Waals surface area contributed by atoms with Crippen molar-refractivity contribution in [2.75, 3.05) is 17.2 Å². The van der Waals surface area contributed by atoms with Gasteiger partial charge in [-0.3, -0.25) is 9.59 Å². The van der Waals surface area contributed by atoms with Crippen molar-refractivity contribution in [1.82, 2.24) is 20.2 Å². The predicted octanol–water partition coefficient (Wildman–Crippen LogP) is 2.22. The third kappa shape index (κ3) is 3.75. The van der Waals surface area contributed by atoms with Gasteiger partial charge in [-0.2, -0.15) is 0 Å². The second-order valence-electron chi connectivity index (χ2n) is 5.71. The molecule has 0 aliphatic heterocycles. The third-order valence-electron chi connectivity index (χ3n) is 3.92. The van der Waals surface area contributed by atoms with Crippen LogP contribution in [0.3, 0.4) is 0 Å². The average Bonchev–Trinajstić information content (AvgIpc) is 3.15. The number of carbonyl (C=O) groups excluding carboxylic acids is 2. The fourth-order valence-corrected chi connectivity index (χ4v) is 2.60. The molecule has 0 bridgehead atoms. The monoisotopic (exact) mass is 350 g/mol. The zero-order valence-corrected chi connectivity index (χ0v) is 14.4. The second-order valence-corrected chi connectivity index (χ2v) is 5.71. The lowest BCUT2D eigenvalue weighted by molar-refractivity contribution is -0.114. The number of para-hydroxylation sites is 1. The molecule has 1 heterocycles. The van der Waals surface area contributed by atoms with Crippen LogP contribution in [0.5, 0.6) is 0 Å². The number of hydrogen-bond acceptors (Lipinski definition) is 6. The van der Waals surface area contributed by atoms with E-state index in [9.17, 15) is 9.59 Å². The highest BCUT2D eigenvalue weighted by Gasteiger charge is 2.11. The molecule has 3 aromatic rings. The van der Waals surface area contributed by atoms with Gasteiger partial charge in [-0.05, 0) is 54.1 Å². The Hall–Kier alpha value is -3.55. The van der Waals surface area contributed by atoms with E-state index in [0.29, 0.717) is 11.3 Å². The van der Waals surface area contributed by atoms with Crippen molar-refractivity contribution in [2.45, 2.75) is 13.8 Å². The van der Waals surface area contributed by atoms with Crippen LogP contribution >= 0.6 is 0 Å². The summed E-state index contributed by atoms with van der Waals surface area (Å²) in [6.07, 6.45) is 1.51. The maximum absolute atomic E-state index is 12.3. The number of benzene rings is 2. The number of Topliss-reactive ketones (excluding diaryl/α,β-unsaturated/α-hetero) is 1. The first-order valence-electron chi connectivity index (χ1n) is 8.03. The highest BCUT2D eigenvalue weighted by molar-refractivity contribution is 6.04. The number of hydrogen-bond donors (Lipinski definition) is 2. The molecule has 8 heteroatoms. The van der Waals surface area contributed by atoms with Crippen molar-refractivity contribution < 1.29 is 9.59 Å². The molecule has 0 unspecified atom stereocenters. The van der Waals surface area contributed by atoms with Crippen LogP contribution in [0.25, 0.3) is 5.69 Å². The number of nitrogens with one attached hydrogen (secondary N) is 2. The quantitative estimate of drug-likeness (QED) is 0.661. The molecule has 0 radical (unpaired) electrons. The van der Waals surface area contributed by atoms with Gasteiger partial charge in [-0.25, -0.2) is 4.68 Å². The summed E-state index contributed by atoms with van der Waals surface area (Å²) < 4.78 is 1.56. The van der Waals surface area contributed by atoms with E-state index in [2.05, 4.69) is 26.2 Å². The van der Waals surface area contributed by atoms with E-state index >= 15 is 0 Å². The molecule has 0 aliphatic carbocycles. The molecule has 8 nitrogen and oxygen atoms in total. The van der Waals surface area contributed by atoms with E-state index < -0.39 is 0 Å². The summed E-state index contributed by atoms with van der Waals surface area (Å²) >= 11 is 0. The third-order valence-corrected chi connectivity index (χ3v) is 3.92. The number of rotatable bonds is 6. The molecule has 0 atom stereocenters. The van der Waals surface area contributed by atoms with E-state index in [0.717, 1.165) is 16.9 Å².